The van der Waals surface area contributed by atoms with Crippen molar-refractivity contribution in [3.8, 4) is 0 Å². The summed E-state index contributed by atoms with van der Waals surface area (Å²) in [5.74, 6) is 0. The van der Waals surface area contributed by atoms with Crippen LogP contribution in [0.1, 0.15) is 11.6 Å². The number of rotatable bonds is 2. The fourth-order valence-electron chi connectivity index (χ4n) is 0.870. The third-order valence-electron chi connectivity index (χ3n) is 1.59. The molecule has 0 aromatic carbocycles. The maximum absolute atomic E-state index is 8.74. The second-order valence-corrected chi connectivity index (χ2v) is 3.31. The van der Waals surface area contributed by atoms with Gasteiger partial charge in [-0.05, 0) is 27.6 Å². The Balaban J connectivity index is 2.88. The second kappa shape index (κ2) is 3.38. The van der Waals surface area contributed by atoms with E-state index < -0.39 is 0 Å². The molecule has 0 spiro atoms. The lowest BCUT2D eigenvalue weighted by molar-refractivity contribution is 0.268. The molecule has 0 bridgehead atoms. The Kier molecular flexibility index (Phi) is 2.70. The van der Waals surface area contributed by atoms with Crippen LogP contribution in [0, 0.1) is 0 Å². The molecule has 1 unspecified atom stereocenters. The maximum atomic E-state index is 8.74. The van der Waals surface area contributed by atoms with Crippen molar-refractivity contribution < 1.29 is 5.11 Å². The van der Waals surface area contributed by atoms with Crippen molar-refractivity contribution in [3.05, 3.63) is 22.4 Å². The molecule has 0 saturated heterocycles. The number of hydrogen-bond donors (Lipinski definition) is 2. The Morgan fingerprint density at radius 2 is 2.45 bits per heavy atom. The molecule has 1 aromatic heterocycles. The van der Waals surface area contributed by atoms with Crippen LogP contribution in [0.3, 0.4) is 0 Å². The summed E-state index contributed by atoms with van der Waals surface area (Å²) < 4.78 is 2.88. The van der Waals surface area contributed by atoms with E-state index in [1.807, 2.05) is 23.9 Å². The molecule has 4 heteroatoms. The topological polar surface area (TPSA) is 51.2 Å². The lowest BCUT2D eigenvalue weighted by Gasteiger charge is -2.02. The van der Waals surface area contributed by atoms with Crippen LogP contribution in [0.15, 0.2) is 16.9 Å². The minimum Gasteiger partial charge on any atom is -0.394 e. The Hall–Kier alpha value is -0.320. The standard InChI is InChI=1S/C7H11BrN2O/c1-10-3-5(2-7(10)8)6(9)4-11/h2-3,6,11H,4,9H2,1H3. The van der Waals surface area contributed by atoms with Crippen LogP contribution in [0.2, 0.25) is 0 Å². The molecule has 0 aliphatic carbocycles. The molecule has 0 aliphatic heterocycles. The minimum absolute atomic E-state index is 0.0174. The second-order valence-electron chi connectivity index (χ2n) is 2.50. The molecule has 0 saturated carbocycles. The third-order valence-corrected chi connectivity index (χ3v) is 2.38. The van der Waals surface area contributed by atoms with E-state index in [1.54, 1.807) is 0 Å². The molecule has 0 aliphatic rings. The number of halogens is 1. The molecule has 0 amide bonds. The first-order valence-corrected chi connectivity index (χ1v) is 4.12. The van der Waals surface area contributed by atoms with Gasteiger partial charge in [0.25, 0.3) is 0 Å². The van der Waals surface area contributed by atoms with Crippen LogP contribution in [0.25, 0.3) is 0 Å². The van der Waals surface area contributed by atoms with E-state index in [4.69, 9.17) is 10.8 Å². The smallest absolute Gasteiger partial charge is 0.0847 e. The molecule has 3 nitrogen and oxygen atoms in total. The number of aliphatic hydroxyl groups is 1. The Morgan fingerprint density at radius 1 is 1.82 bits per heavy atom. The zero-order valence-corrected chi connectivity index (χ0v) is 7.87. The van der Waals surface area contributed by atoms with E-state index in [9.17, 15) is 0 Å². The van der Waals surface area contributed by atoms with Crippen LogP contribution in [0.4, 0.5) is 0 Å². The van der Waals surface area contributed by atoms with E-state index in [0.29, 0.717) is 0 Å². The van der Waals surface area contributed by atoms with Gasteiger partial charge in [-0.15, -0.1) is 0 Å². The molecule has 1 atom stereocenters. The summed E-state index contributed by atoms with van der Waals surface area (Å²) in [5.41, 5.74) is 6.54. The van der Waals surface area contributed by atoms with Crippen molar-refractivity contribution in [2.24, 2.45) is 12.8 Å². The van der Waals surface area contributed by atoms with Crippen LogP contribution in [-0.2, 0) is 7.05 Å². The van der Waals surface area contributed by atoms with Crippen molar-refractivity contribution >= 4 is 15.9 Å². The highest BCUT2D eigenvalue weighted by atomic mass is 79.9. The van der Waals surface area contributed by atoms with Crippen LogP contribution < -0.4 is 5.73 Å². The van der Waals surface area contributed by atoms with E-state index >= 15 is 0 Å². The van der Waals surface area contributed by atoms with Crippen molar-refractivity contribution in [3.63, 3.8) is 0 Å². The zero-order valence-electron chi connectivity index (χ0n) is 6.29. The summed E-state index contributed by atoms with van der Waals surface area (Å²) in [5, 5.41) is 8.74. The van der Waals surface area contributed by atoms with Gasteiger partial charge in [0, 0.05) is 13.2 Å². The summed E-state index contributed by atoms with van der Waals surface area (Å²) in [6.45, 7) is -0.0174. The maximum Gasteiger partial charge on any atom is 0.0847 e. The number of aryl methyl sites for hydroxylation is 1. The lowest BCUT2D eigenvalue weighted by Crippen LogP contribution is -2.13. The SMILES string of the molecule is Cn1cc(C(N)CO)cc1Br. The van der Waals surface area contributed by atoms with Gasteiger partial charge in [0.1, 0.15) is 0 Å². The average Bonchev–Trinajstić information content (AvgIpc) is 2.31. The highest BCUT2D eigenvalue weighted by molar-refractivity contribution is 9.10. The van der Waals surface area contributed by atoms with Gasteiger partial charge in [-0.3, -0.25) is 0 Å². The minimum atomic E-state index is -0.271. The average molecular weight is 219 g/mol. The first-order chi connectivity index (χ1) is 5.15. The summed E-state index contributed by atoms with van der Waals surface area (Å²) in [6, 6.07) is 1.63. The van der Waals surface area contributed by atoms with Crippen molar-refractivity contribution in [2.45, 2.75) is 6.04 Å². The Morgan fingerprint density at radius 3 is 2.82 bits per heavy atom. The van der Waals surface area contributed by atoms with Gasteiger partial charge in [0.05, 0.1) is 17.3 Å². The number of aliphatic hydroxyl groups excluding tert-OH is 1. The molecule has 1 aromatic rings. The molecule has 1 heterocycles. The van der Waals surface area contributed by atoms with Gasteiger partial charge in [-0.1, -0.05) is 0 Å². The van der Waals surface area contributed by atoms with Crippen LogP contribution in [0.5, 0.6) is 0 Å². The summed E-state index contributed by atoms with van der Waals surface area (Å²) in [4.78, 5) is 0. The number of nitrogens with zero attached hydrogens (tertiary/aromatic N) is 1. The van der Waals surface area contributed by atoms with Gasteiger partial charge in [-0.25, -0.2) is 0 Å². The van der Waals surface area contributed by atoms with Gasteiger partial charge in [0.2, 0.25) is 0 Å². The molecular formula is C7H11BrN2O. The molecular weight excluding hydrogens is 208 g/mol. The van der Waals surface area contributed by atoms with Gasteiger partial charge in [-0.2, -0.15) is 0 Å². The van der Waals surface area contributed by atoms with E-state index in [1.165, 1.54) is 0 Å². The van der Waals surface area contributed by atoms with Crippen LogP contribution >= 0.6 is 15.9 Å². The molecule has 11 heavy (non-hydrogen) atoms. The largest absolute Gasteiger partial charge is 0.394 e. The lowest BCUT2D eigenvalue weighted by atomic mass is 10.2. The van der Waals surface area contributed by atoms with E-state index in [-0.39, 0.29) is 12.6 Å². The van der Waals surface area contributed by atoms with Crippen LogP contribution in [-0.4, -0.2) is 16.3 Å². The number of nitrogens with two attached hydrogens (primary N) is 1. The van der Waals surface area contributed by atoms with E-state index in [0.717, 1.165) is 10.2 Å². The number of aromatic nitrogens is 1. The van der Waals surface area contributed by atoms with Gasteiger partial charge >= 0.3 is 0 Å². The van der Waals surface area contributed by atoms with Gasteiger partial charge in [0.15, 0.2) is 0 Å². The first kappa shape index (κ1) is 8.77. The highest BCUT2D eigenvalue weighted by Crippen LogP contribution is 2.17. The van der Waals surface area contributed by atoms with Gasteiger partial charge < -0.3 is 15.4 Å². The monoisotopic (exact) mass is 218 g/mol. The molecule has 0 fully saturated rings. The predicted octanol–water partition coefficient (Wildman–Crippen LogP) is 0.780. The molecule has 62 valence electrons. The van der Waals surface area contributed by atoms with Crippen molar-refractivity contribution in [2.75, 3.05) is 6.61 Å². The third kappa shape index (κ3) is 1.83. The fraction of sp³-hybridized carbons (Fsp3) is 0.429. The zero-order chi connectivity index (χ0) is 8.43. The summed E-state index contributed by atoms with van der Waals surface area (Å²) >= 11 is 3.34. The van der Waals surface area contributed by atoms with Crippen molar-refractivity contribution in [1.82, 2.24) is 4.57 Å². The Bertz CT molecular complexity index is 227. The Labute approximate surface area is 73.9 Å². The number of hydrogen-bond acceptors (Lipinski definition) is 2. The quantitative estimate of drug-likeness (QED) is 0.772. The molecule has 0 radical (unpaired) electrons. The highest BCUT2D eigenvalue weighted by Gasteiger charge is 2.07. The van der Waals surface area contributed by atoms with Crippen molar-refractivity contribution in [1.29, 1.82) is 0 Å². The molecule has 1 rings (SSSR count). The first-order valence-electron chi connectivity index (χ1n) is 3.33. The summed E-state index contributed by atoms with van der Waals surface area (Å²) in [7, 11) is 1.91. The normalized spacial score (nSPS) is 13.5. The fourth-order valence-corrected chi connectivity index (χ4v) is 1.24. The molecule has 3 N–H and O–H groups in total. The van der Waals surface area contributed by atoms with E-state index in [2.05, 4.69) is 15.9 Å². The predicted molar refractivity (Wildman–Crippen MR) is 47.1 cm³/mol. The summed E-state index contributed by atoms with van der Waals surface area (Å²) in [6.07, 6.45) is 1.89.